The number of methoxy groups -OCH3 is 2. The van der Waals surface area contributed by atoms with E-state index in [1.165, 1.54) is 0 Å². The molecule has 4 nitrogen and oxygen atoms in total. The van der Waals surface area contributed by atoms with Crippen LogP contribution in [0.1, 0.15) is 15.9 Å². The molecule has 6 heteroatoms. The van der Waals surface area contributed by atoms with Crippen molar-refractivity contribution in [3.63, 3.8) is 0 Å². The van der Waals surface area contributed by atoms with Gasteiger partial charge in [0.25, 0.3) is 5.91 Å². The van der Waals surface area contributed by atoms with E-state index in [2.05, 4.69) is 37.2 Å². The molecule has 1 amide bonds. The van der Waals surface area contributed by atoms with Crippen LogP contribution >= 0.6 is 31.9 Å². The summed E-state index contributed by atoms with van der Waals surface area (Å²) in [6.45, 7) is 0.510. The molecule has 0 spiro atoms. The normalized spacial score (nSPS) is 10.3. The molecule has 0 aromatic heterocycles. The van der Waals surface area contributed by atoms with Crippen LogP contribution in [0.4, 0.5) is 0 Å². The fourth-order valence-electron chi connectivity index (χ4n) is 2.13. The highest BCUT2D eigenvalue weighted by molar-refractivity contribution is 9.10. The number of halogens is 2. The van der Waals surface area contributed by atoms with Crippen LogP contribution in [0.5, 0.6) is 11.5 Å². The number of ether oxygens (including phenoxy) is 2. The number of amides is 1. The zero-order chi connectivity index (χ0) is 16.8. The first-order valence-electron chi connectivity index (χ1n) is 6.99. The Bertz CT molecular complexity index is 687. The average Bonchev–Trinajstić information content (AvgIpc) is 2.56. The van der Waals surface area contributed by atoms with Crippen LogP contribution in [0, 0.1) is 0 Å². The molecule has 23 heavy (non-hydrogen) atoms. The van der Waals surface area contributed by atoms with Gasteiger partial charge < -0.3 is 14.8 Å². The first kappa shape index (κ1) is 17.8. The zero-order valence-corrected chi connectivity index (χ0v) is 16.0. The second kappa shape index (κ2) is 8.36. The zero-order valence-electron chi connectivity index (χ0n) is 12.9. The Hall–Kier alpha value is -1.53. The van der Waals surface area contributed by atoms with Gasteiger partial charge in [0.1, 0.15) is 11.5 Å². The van der Waals surface area contributed by atoms with Crippen LogP contribution in [-0.2, 0) is 6.42 Å². The standard InChI is InChI=1S/C17H17Br2NO3/c1-22-15-10-14(19)16(23-2)9-12(15)7-8-20-17(21)11-3-5-13(18)6-4-11/h3-6,9-10H,7-8H2,1-2H3,(H,20,21). The van der Waals surface area contributed by atoms with Crippen molar-refractivity contribution in [3.8, 4) is 11.5 Å². The first-order valence-corrected chi connectivity index (χ1v) is 8.58. The summed E-state index contributed by atoms with van der Waals surface area (Å²) in [5, 5.41) is 2.91. The smallest absolute Gasteiger partial charge is 0.251 e. The molecule has 0 aliphatic carbocycles. The third-order valence-corrected chi connectivity index (χ3v) is 4.49. The van der Waals surface area contributed by atoms with Crippen molar-refractivity contribution in [3.05, 3.63) is 56.5 Å². The molecule has 2 aromatic rings. The van der Waals surface area contributed by atoms with Crippen LogP contribution in [0.15, 0.2) is 45.3 Å². The monoisotopic (exact) mass is 441 g/mol. The van der Waals surface area contributed by atoms with Crippen LogP contribution < -0.4 is 14.8 Å². The van der Waals surface area contributed by atoms with E-state index in [4.69, 9.17) is 9.47 Å². The lowest BCUT2D eigenvalue weighted by molar-refractivity contribution is 0.0954. The van der Waals surface area contributed by atoms with Crippen LogP contribution in [0.25, 0.3) is 0 Å². The molecule has 0 saturated carbocycles. The topological polar surface area (TPSA) is 47.6 Å². The Kier molecular flexibility index (Phi) is 6.47. The number of carbonyl (C=O) groups is 1. The third kappa shape index (κ3) is 4.72. The van der Waals surface area contributed by atoms with Gasteiger partial charge >= 0.3 is 0 Å². The number of rotatable bonds is 6. The first-order chi connectivity index (χ1) is 11.0. The molecule has 0 saturated heterocycles. The Morgan fingerprint density at radius 2 is 1.70 bits per heavy atom. The highest BCUT2D eigenvalue weighted by atomic mass is 79.9. The fourth-order valence-corrected chi connectivity index (χ4v) is 2.88. The average molecular weight is 443 g/mol. The second-order valence-corrected chi connectivity index (χ2v) is 6.58. The molecular weight excluding hydrogens is 426 g/mol. The summed E-state index contributed by atoms with van der Waals surface area (Å²) < 4.78 is 12.5. The summed E-state index contributed by atoms with van der Waals surface area (Å²) in [6, 6.07) is 11.0. The van der Waals surface area contributed by atoms with E-state index < -0.39 is 0 Å². The summed E-state index contributed by atoms with van der Waals surface area (Å²) in [5.41, 5.74) is 1.61. The maximum absolute atomic E-state index is 12.1. The molecule has 0 aliphatic rings. The largest absolute Gasteiger partial charge is 0.496 e. The van der Waals surface area contributed by atoms with Gasteiger partial charge in [-0.2, -0.15) is 0 Å². The molecule has 0 radical (unpaired) electrons. The van der Waals surface area contributed by atoms with Gasteiger partial charge in [0.2, 0.25) is 0 Å². The van der Waals surface area contributed by atoms with Crippen molar-refractivity contribution in [1.29, 1.82) is 0 Å². The van der Waals surface area contributed by atoms with E-state index in [0.717, 1.165) is 26.0 Å². The summed E-state index contributed by atoms with van der Waals surface area (Å²) in [4.78, 5) is 12.1. The number of benzene rings is 2. The maximum Gasteiger partial charge on any atom is 0.251 e. The minimum Gasteiger partial charge on any atom is -0.496 e. The van der Waals surface area contributed by atoms with Gasteiger partial charge in [0, 0.05) is 16.6 Å². The van der Waals surface area contributed by atoms with Gasteiger partial charge in [0.15, 0.2) is 0 Å². The van der Waals surface area contributed by atoms with E-state index in [1.54, 1.807) is 26.4 Å². The molecule has 0 heterocycles. The Morgan fingerprint density at radius 3 is 2.30 bits per heavy atom. The highest BCUT2D eigenvalue weighted by Gasteiger charge is 2.10. The van der Waals surface area contributed by atoms with Crippen molar-refractivity contribution < 1.29 is 14.3 Å². The van der Waals surface area contributed by atoms with Gasteiger partial charge in [-0.15, -0.1) is 0 Å². The van der Waals surface area contributed by atoms with E-state index in [-0.39, 0.29) is 5.91 Å². The van der Waals surface area contributed by atoms with Gasteiger partial charge in [-0.05, 0) is 64.3 Å². The number of hydrogen-bond donors (Lipinski definition) is 1. The number of carbonyl (C=O) groups excluding carboxylic acids is 1. The Labute approximate surface area is 152 Å². The number of hydrogen-bond acceptors (Lipinski definition) is 3. The van der Waals surface area contributed by atoms with E-state index in [1.807, 2.05) is 24.3 Å². The lowest BCUT2D eigenvalue weighted by Gasteiger charge is -2.13. The highest BCUT2D eigenvalue weighted by Crippen LogP contribution is 2.32. The summed E-state index contributed by atoms with van der Waals surface area (Å²) in [6.07, 6.45) is 0.648. The van der Waals surface area contributed by atoms with Crippen molar-refractivity contribution in [1.82, 2.24) is 5.32 Å². The molecular formula is C17H17Br2NO3. The quantitative estimate of drug-likeness (QED) is 0.729. The van der Waals surface area contributed by atoms with E-state index in [0.29, 0.717) is 18.5 Å². The van der Waals surface area contributed by atoms with Gasteiger partial charge in [-0.3, -0.25) is 4.79 Å². The Balaban J connectivity index is 2.00. The molecule has 0 bridgehead atoms. The predicted octanol–water partition coefficient (Wildman–Crippen LogP) is 4.20. The second-order valence-electron chi connectivity index (χ2n) is 4.81. The minimum atomic E-state index is -0.0967. The summed E-state index contributed by atoms with van der Waals surface area (Å²) in [7, 11) is 3.24. The molecule has 1 N–H and O–H groups in total. The van der Waals surface area contributed by atoms with Crippen LogP contribution in [-0.4, -0.2) is 26.7 Å². The van der Waals surface area contributed by atoms with E-state index >= 15 is 0 Å². The molecule has 0 aliphatic heterocycles. The molecule has 0 atom stereocenters. The molecule has 122 valence electrons. The predicted molar refractivity (Wildman–Crippen MR) is 97.4 cm³/mol. The Morgan fingerprint density at radius 1 is 1.04 bits per heavy atom. The van der Waals surface area contributed by atoms with Crippen molar-refractivity contribution in [2.45, 2.75) is 6.42 Å². The molecule has 0 unspecified atom stereocenters. The minimum absolute atomic E-state index is 0.0967. The van der Waals surface area contributed by atoms with Crippen molar-refractivity contribution >= 4 is 37.8 Å². The number of nitrogens with one attached hydrogen (secondary N) is 1. The summed E-state index contributed by atoms with van der Waals surface area (Å²) >= 11 is 6.78. The molecule has 0 fully saturated rings. The summed E-state index contributed by atoms with van der Waals surface area (Å²) in [5.74, 6) is 1.40. The van der Waals surface area contributed by atoms with Gasteiger partial charge in [-0.25, -0.2) is 0 Å². The van der Waals surface area contributed by atoms with Crippen LogP contribution in [0.2, 0.25) is 0 Å². The maximum atomic E-state index is 12.1. The van der Waals surface area contributed by atoms with Gasteiger partial charge in [-0.1, -0.05) is 15.9 Å². The lowest BCUT2D eigenvalue weighted by atomic mass is 10.1. The van der Waals surface area contributed by atoms with Crippen LogP contribution in [0.3, 0.4) is 0 Å². The fraction of sp³-hybridized carbons (Fsp3) is 0.235. The van der Waals surface area contributed by atoms with E-state index in [9.17, 15) is 4.79 Å². The van der Waals surface area contributed by atoms with Gasteiger partial charge in [0.05, 0.1) is 18.7 Å². The third-order valence-electron chi connectivity index (χ3n) is 3.34. The SMILES string of the molecule is COc1cc(CCNC(=O)c2ccc(Br)cc2)c(OC)cc1Br. The van der Waals surface area contributed by atoms with Crippen molar-refractivity contribution in [2.24, 2.45) is 0 Å². The molecule has 2 rings (SSSR count). The lowest BCUT2D eigenvalue weighted by Crippen LogP contribution is -2.25. The molecule has 2 aromatic carbocycles. The van der Waals surface area contributed by atoms with Crippen molar-refractivity contribution in [2.75, 3.05) is 20.8 Å².